The number of rotatable bonds is 4. The van der Waals surface area contributed by atoms with E-state index in [-0.39, 0.29) is 18.4 Å². The van der Waals surface area contributed by atoms with Gasteiger partial charge in [-0.25, -0.2) is 0 Å². The van der Waals surface area contributed by atoms with Crippen molar-refractivity contribution in [3.63, 3.8) is 0 Å². The number of carbonyl (C=O) groups excluding carboxylic acids is 2. The maximum absolute atomic E-state index is 12.8. The van der Waals surface area contributed by atoms with Crippen molar-refractivity contribution in [3.05, 3.63) is 89.0 Å². The average molecular weight is 386 g/mol. The van der Waals surface area contributed by atoms with E-state index in [1.807, 2.05) is 62.4 Å². The molecular formula is C24H22N2O3. The molecule has 0 spiro atoms. The smallest absolute Gasteiger partial charge is 0.265 e. The van der Waals surface area contributed by atoms with Gasteiger partial charge in [0, 0.05) is 11.3 Å². The summed E-state index contributed by atoms with van der Waals surface area (Å²) in [5, 5.41) is 2.95. The lowest BCUT2D eigenvalue weighted by Gasteiger charge is -2.30. The summed E-state index contributed by atoms with van der Waals surface area (Å²) >= 11 is 0. The minimum absolute atomic E-state index is 0.00601. The van der Waals surface area contributed by atoms with Gasteiger partial charge in [0.1, 0.15) is 5.75 Å². The Morgan fingerprint density at radius 3 is 2.59 bits per heavy atom. The van der Waals surface area contributed by atoms with Gasteiger partial charge in [-0.05, 0) is 49.2 Å². The Morgan fingerprint density at radius 1 is 1.03 bits per heavy atom. The SMILES string of the molecule is Cc1ccc(NC(=O)c2ccc3c(c2)N(Cc2ccccc2)C(=O)CO3)c(C)c1. The monoisotopic (exact) mass is 386 g/mol. The van der Waals surface area contributed by atoms with Gasteiger partial charge in [-0.15, -0.1) is 0 Å². The van der Waals surface area contributed by atoms with Crippen molar-refractivity contribution in [3.8, 4) is 5.75 Å². The third-order valence-corrected chi connectivity index (χ3v) is 4.98. The Hall–Kier alpha value is -3.60. The van der Waals surface area contributed by atoms with Gasteiger partial charge < -0.3 is 15.0 Å². The summed E-state index contributed by atoms with van der Waals surface area (Å²) in [6.45, 7) is 4.40. The number of benzene rings is 3. The summed E-state index contributed by atoms with van der Waals surface area (Å²) in [6, 6.07) is 20.8. The fourth-order valence-electron chi connectivity index (χ4n) is 3.43. The molecule has 0 radical (unpaired) electrons. The van der Waals surface area contributed by atoms with Crippen LogP contribution in [0.5, 0.6) is 5.75 Å². The molecular weight excluding hydrogens is 364 g/mol. The maximum Gasteiger partial charge on any atom is 0.265 e. The van der Waals surface area contributed by atoms with Gasteiger partial charge in [0.15, 0.2) is 6.61 Å². The Labute approximate surface area is 169 Å². The van der Waals surface area contributed by atoms with Crippen molar-refractivity contribution in [1.29, 1.82) is 0 Å². The molecule has 2 amide bonds. The van der Waals surface area contributed by atoms with Crippen LogP contribution in [0.4, 0.5) is 11.4 Å². The minimum Gasteiger partial charge on any atom is -0.482 e. The Kier molecular flexibility index (Phi) is 5.04. The molecule has 0 aliphatic carbocycles. The highest BCUT2D eigenvalue weighted by Crippen LogP contribution is 2.34. The zero-order chi connectivity index (χ0) is 20.4. The van der Waals surface area contributed by atoms with Gasteiger partial charge in [0.05, 0.1) is 12.2 Å². The summed E-state index contributed by atoms with van der Waals surface area (Å²) in [5.74, 6) is 0.245. The van der Waals surface area contributed by atoms with Crippen LogP contribution in [0.3, 0.4) is 0 Å². The molecule has 0 aromatic heterocycles. The summed E-state index contributed by atoms with van der Waals surface area (Å²) in [7, 11) is 0. The zero-order valence-corrected chi connectivity index (χ0v) is 16.4. The second-order valence-electron chi connectivity index (χ2n) is 7.21. The summed E-state index contributed by atoms with van der Waals surface area (Å²) in [5.41, 5.74) is 5.01. The highest BCUT2D eigenvalue weighted by molar-refractivity contribution is 6.07. The van der Waals surface area contributed by atoms with Crippen LogP contribution in [-0.4, -0.2) is 18.4 Å². The van der Waals surface area contributed by atoms with Crippen LogP contribution in [0.2, 0.25) is 0 Å². The Morgan fingerprint density at radius 2 is 1.83 bits per heavy atom. The van der Waals surface area contributed by atoms with Gasteiger partial charge in [0.2, 0.25) is 0 Å². The van der Waals surface area contributed by atoms with Crippen molar-refractivity contribution < 1.29 is 14.3 Å². The lowest BCUT2D eigenvalue weighted by molar-refractivity contribution is -0.121. The van der Waals surface area contributed by atoms with Gasteiger partial charge in [-0.2, -0.15) is 0 Å². The standard InChI is InChI=1S/C24H22N2O3/c1-16-8-10-20(17(2)12-16)25-24(28)19-9-11-22-21(13-19)26(23(27)15-29-22)14-18-6-4-3-5-7-18/h3-13H,14-15H2,1-2H3,(H,25,28). The molecule has 29 heavy (non-hydrogen) atoms. The number of carbonyl (C=O) groups is 2. The molecule has 1 N–H and O–H groups in total. The number of hydrogen-bond donors (Lipinski definition) is 1. The van der Waals surface area contributed by atoms with Crippen LogP contribution in [0.1, 0.15) is 27.0 Å². The Balaban J connectivity index is 1.62. The molecule has 4 rings (SSSR count). The highest BCUT2D eigenvalue weighted by Gasteiger charge is 2.26. The van der Waals surface area contributed by atoms with E-state index in [0.29, 0.717) is 23.5 Å². The maximum atomic E-state index is 12.8. The summed E-state index contributed by atoms with van der Waals surface area (Å²) in [4.78, 5) is 27.0. The number of ether oxygens (including phenoxy) is 1. The van der Waals surface area contributed by atoms with Crippen molar-refractivity contribution in [1.82, 2.24) is 0 Å². The first-order chi connectivity index (χ1) is 14.0. The molecule has 1 heterocycles. The van der Waals surface area contributed by atoms with E-state index < -0.39 is 0 Å². The summed E-state index contributed by atoms with van der Waals surface area (Å²) in [6.07, 6.45) is 0. The molecule has 0 bridgehead atoms. The van der Waals surface area contributed by atoms with E-state index in [1.54, 1.807) is 23.1 Å². The van der Waals surface area contributed by atoms with Gasteiger partial charge in [-0.3, -0.25) is 9.59 Å². The zero-order valence-electron chi connectivity index (χ0n) is 16.4. The van der Waals surface area contributed by atoms with Crippen LogP contribution < -0.4 is 15.0 Å². The number of anilines is 2. The average Bonchev–Trinajstić information content (AvgIpc) is 2.72. The van der Waals surface area contributed by atoms with Gasteiger partial charge in [0.25, 0.3) is 11.8 Å². The predicted molar refractivity (Wildman–Crippen MR) is 113 cm³/mol. The lowest BCUT2D eigenvalue weighted by Crippen LogP contribution is -2.38. The molecule has 1 aliphatic heterocycles. The molecule has 0 fully saturated rings. The topological polar surface area (TPSA) is 58.6 Å². The van der Waals surface area contributed by atoms with E-state index in [1.165, 1.54) is 0 Å². The second kappa shape index (κ2) is 7.80. The first-order valence-electron chi connectivity index (χ1n) is 9.51. The first kappa shape index (κ1) is 18.7. The summed E-state index contributed by atoms with van der Waals surface area (Å²) < 4.78 is 5.57. The number of aryl methyl sites for hydroxylation is 2. The number of amides is 2. The van der Waals surface area contributed by atoms with E-state index >= 15 is 0 Å². The molecule has 0 saturated carbocycles. The largest absolute Gasteiger partial charge is 0.482 e. The number of nitrogens with zero attached hydrogens (tertiary/aromatic N) is 1. The fraction of sp³-hybridized carbons (Fsp3) is 0.167. The van der Waals surface area contributed by atoms with Crippen LogP contribution in [0.15, 0.2) is 66.7 Å². The Bertz CT molecular complexity index is 1080. The molecule has 0 unspecified atom stereocenters. The lowest BCUT2D eigenvalue weighted by atomic mass is 10.1. The van der Waals surface area contributed by atoms with Crippen LogP contribution in [0.25, 0.3) is 0 Å². The first-order valence-corrected chi connectivity index (χ1v) is 9.51. The van der Waals surface area contributed by atoms with Crippen LogP contribution in [-0.2, 0) is 11.3 Å². The normalized spacial score (nSPS) is 12.9. The molecule has 0 atom stereocenters. The van der Waals surface area contributed by atoms with Crippen LogP contribution >= 0.6 is 0 Å². The molecule has 0 saturated heterocycles. The van der Waals surface area contributed by atoms with Gasteiger partial charge >= 0.3 is 0 Å². The minimum atomic E-state index is -0.225. The van der Waals surface area contributed by atoms with Crippen molar-refractivity contribution >= 4 is 23.2 Å². The highest BCUT2D eigenvalue weighted by atomic mass is 16.5. The number of hydrogen-bond acceptors (Lipinski definition) is 3. The molecule has 3 aromatic carbocycles. The second-order valence-corrected chi connectivity index (χ2v) is 7.21. The molecule has 5 heteroatoms. The van der Waals surface area contributed by atoms with Crippen molar-refractivity contribution in [2.75, 3.05) is 16.8 Å². The number of fused-ring (bicyclic) bond motifs is 1. The third kappa shape index (κ3) is 3.99. The third-order valence-electron chi connectivity index (χ3n) is 4.98. The van der Waals surface area contributed by atoms with Crippen LogP contribution in [0, 0.1) is 13.8 Å². The molecule has 1 aliphatic rings. The van der Waals surface area contributed by atoms with E-state index in [4.69, 9.17) is 4.74 Å². The van der Waals surface area contributed by atoms with E-state index in [0.717, 1.165) is 22.4 Å². The quantitative estimate of drug-likeness (QED) is 0.719. The predicted octanol–water partition coefficient (Wildman–Crippen LogP) is 4.48. The van der Waals surface area contributed by atoms with Crippen molar-refractivity contribution in [2.24, 2.45) is 0 Å². The molecule has 146 valence electrons. The number of nitrogens with one attached hydrogen (secondary N) is 1. The van der Waals surface area contributed by atoms with Gasteiger partial charge in [-0.1, -0.05) is 48.0 Å². The van der Waals surface area contributed by atoms with E-state index in [2.05, 4.69) is 5.32 Å². The fourth-order valence-corrected chi connectivity index (χ4v) is 3.43. The molecule has 5 nitrogen and oxygen atoms in total. The van der Waals surface area contributed by atoms with Crippen molar-refractivity contribution in [2.45, 2.75) is 20.4 Å². The van der Waals surface area contributed by atoms with E-state index in [9.17, 15) is 9.59 Å². The molecule has 3 aromatic rings.